The Morgan fingerprint density at radius 1 is 1.08 bits per heavy atom. The number of hydrogen-bond acceptors (Lipinski definition) is 8. The summed E-state index contributed by atoms with van der Waals surface area (Å²) in [5.74, 6) is -2.09. The van der Waals surface area contributed by atoms with Crippen molar-refractivity contribution in [1.29, 1.82) is 0 Å². The Morgan fingerprint density at radius 3 is 2.37 bits per heavy atom. The molecule has 9 heteroatoms. The second-order valence-electron chi connectivity index (χ2n) is 10.1. The third kappa shape index (κ3) is 5.33. The van der Waals surface area contributed by atoms with E-state index in [1.54, 1.807) is 26.0 Å². The zero-order valence-electron chi connectivity index (χ0n) is 22.3. The smallest absolute Gasteiger partial charge is 0.337 e. The quantitative estimate of drug-likeness (QED) is 0.316. The number of rotatable bonds is 7. The molecule has 0 saturated carbocycles. The van der Waals surface area contributed by atoms with Crippen molar-refractivity contribution >= 4 is 17.6 Å². The van der Waals surface area contributed by atoms with E-state index in [-0.39, 0.29) is 22.9 Å². The molecule has 2 aliphatic heterocycles. The molecule has 1 saturated heterocycles. The average Bonchev–Trinajstić information content (AvgIpc) is 3.29. The Labute approximate surface area is 222 Å². The average molecular weight is 520 g/mol. The number of hydrogen-bond donors (Lipinski definition) is 1. The van der Waals surface area contributed by atoms with Gasteiger partial charge in [-0.3, -0.25) is 15.0 Å². The van der Waals surface area contributed by atoms with Crippen LogP contribution in [0.2, 0.25) is 0 Å². The zero-order chi connectivity index (χ0) is 27.6. The predicted molar refractivity (Wildman–Crippen MR) is 142 cm³/mol. The first-order valence-electron chi connectivity index (χ1n) is 12.6. The summed E-state index contributed by atoms with van der Waals surface area (Å²) in [6, 6.07) is 16.3. The fraction of sp³-hybridized carbons (Fsp3) is 0.379. The minimum Gasteiger partial charge on any atom is -0.466 e. The summed E-state index contributed by atoms with van der Waals surface area (Å²) >= 11 is 0. The molecule has 3 unspecified atom stereocenters. The van der Waals surface area contributed by atoms with Crippen molar-refractivity contribution in [3.8, 4) is 0 Å². The second-order valence-corrected chi connectivity index (χ2v) is 10.1. The van der Waals surface area contributed by atoms with Gasteiger partial charge in [-0.2, -0.15) is 0 Å². The highest BCUT2D eigenvalue weighted by molar-refractivity contribution is 6.00. The highest BCUT2D eigenvalue weighted by Gasteiger charge is 2.43. The molecule has 38 heavy (non-hydrogen) atoms. The van der Waals surface area contributed by atoms with Crippen molar-refractivity contribution in [2.45, 2.75) is 51.7 Å². The van der Waals surface area contributed by atoms with Crippen LogP contribution in [0.15, 0.2) is 77.1 Å². The van der Waals surface area contributed by atoms with E-state index >= 15 is 0 Å². The fourth-order valence-electron chi connectivity index (χ4n) is 5.40. The number of carbonyl (C=O) groups is 2. The van der Waals surface area contributed by atoms with Gasteiger partial charge in [0.05, 0.1) is 29.1 Å². The maximum absolute atomic E-state index is 13.8. The van der Waals surface area contributed by atoms with Crippen LogP contribution < -0.4 is 5.32 Å². The Balaban J connectivity index is 1.65. The fourth-order valence-corrected chi connectivity index (χ4v) is 5.40. The van der Waals surface area contributed by atoms with Crippen LogP contribution in [-0.2, 0) is 19.1 Å². The molecule has 0 aliphatic carbocycles. The lowest BCUT2D eigenvalue weighted by Crippen LogP contribution is -2.39. The zero-order valence-corrected chi connectivity index (χ0v) is 22.3. The van der Waals surface area contributed by atoms with Crippen molar-refractivity contribution in [2.24, 2.45) is 0 Å². The summed E-state index contributed by atoms with van der Waals surface area (Å²) in [7, 11) is 1.26. The number of esters is 2. The Hall–Kier alpha value is -3.98. The minimum absolute atomic E-state index is 0.137. The summed E-state index contributed by atoms with van der Waals surface area (Å²) < 4.78 is 11.2. The van der Waals surface area contributed by atoms with Crippen LogP contribution >= 0.6 is 0 Å². The normalized spacial score (nSPS) is 22.6. The molecular formula is C29H33N3O6. The number of ether oxygens (including phenoxy) is 2. The van der Waals surface area contributed by atoms with Crippen LogP contribution in [0.25, 0.3) is 0 Å². The molecular weight excluding hydrogens is 486 g/mol. The van der Waals surface area contributed by atoms with Crippen LogP contribution in [0.5, 0.6) is 0 Å². The standard InChI is InChI=1S/C29H33N3O6/c1-18-24(27(33)37-5)26(22-12-9-13-23(16-22)32(35)36)25(19(2)30-18)28(34)38-29(4)14-15-31(17-29)20(3)21-10-7-6-8-11-21/h6-13,16,20,26,30H,14-15,17H2,1-5H3. The number of likely N-dealkylation sites (tertiary alicyclic amines) is 1. The van der Waals surface area contributed by atoms with E-state index in [9.17, 15) is 19.7 Å². The van der Waals surface area contributed by atoms with Gasteiger partial charge in [-0.15, -0.1) is 0 Å². The number of non-ortho nitro benzene ring substituents is 1. The van der Waals surface area contributed by atoms with Crippen molar-refractivity contribution in [3.63, 3.8) is 0 Å². The molecule has 0 aromatic heterocycles. The molecule has 2 heterocycles. The maximum Gasteiger partial charge on any atom is 0.337 e. The first-order valence-corrected chi connectivity index (χ1v) is 12.6. The van der Waals surface area contributed by atoms with E-state index < -0.39 is 28.4 Å². The molecule has 0 bridgehead atoms. The van der Waals surface area contributed by atoms with Crippen LogP contribution in [0.1, 0.15) is 57.2 Å². The van der Waals surface area contributed by atoms with Crippen molar-refractivity contribution < 1.29 is 24.0 Å². The lowest BCUT2D eigenvalue weighted by molar-refractivity contribution is -0.384. The van der Waals surface area contributed by atoms with Crippen molar-refractivity contribution in [3.05, 3.63) is 98.4 Å². The maximum atomic E-state index is 13.8. The first-order chi connectivity index (χ1) is 18.0. The molecule has 2 aromatic rings. The molecule has 1 fully saturated rings. The molecule has 9 nitrogen and oxygen atoms in total. The molecule has 0 radical (unpaired) electrons. The molecule has 1 N–H and O–H groups in total. The third-order valence-corrected chi connectivity index (χ3v) is 7.43. The molecule has 2 aromatic carbocycles. The number of nitro benzene ring substituents is 1. The summed E-state index contributed by atoms with van der Waals surface area (Å²) in [5, 5.41) is 14.6. The number of nitro groups is 1. The molecule has 0 amide bonds. The highest BCUT2D eigenvalue weighted by atomic mass is 16.6. The van der Waals surface area contributed by atoms with Crippen LogP contribution in [-0.4, -0.2) is 47.6 Å². The van der Waals surface area contributed by atoms with Gasteiger partial charge in [0.15, 0.2) is 0 Å². The Morgan fingerprint density at radius 2 is 1.74 bits per heavy atom. The van der Waals surface area contributed by atoms with Crippen molar-refractivity contribution in [1.82, 2.24) is 10.2 Å². The Kier molecular flexibility index (Phi) is 7.68. The third-order valence-electron chi connectivity index (χ3n) is 7.43. The van der Waals surface area contributed by atoms with Gasteiger partial charge in [0.25, 0.3) is 5.69 Å². The van der Waals surface area contributed by atoms with E-state index in [4.69, 9.17) is 9.47 Å². The highest BCUT2D eigenvalue weighted by Crippen LogP contribution is 2.41. The van der Waals surface area contributed by atoms with Crippen LogP contribution in [0, 0.1) is 10.1 Å². The SMILES string of the molecule is COC(=O)C1=C(C)NC(C)=C(C(=O)OC2(C)CCN(C(C)c3ccccc3)C2)C1c1cccc([N+](=O)[O-])c1. The predicted octanol–water partition coefficient (Wildman–Crippen LogP) is 4.77. The van der Waals surface area contributed by atoms with Gasteiger partial charge in [-0.25, -0.2) is 9.59 Å². The topological polar surface area (TPSA) is 111 Å². The van der Waals surface area contributed by atoms with Crippen LogP contribution in [0.4, 0.5) is 5.69 Å². The summed E-state index contributed by atoms with van der Waals surface area (Å²) in [6.45, 7) is 8.81. The lowest BCUT2D eigenvalue weighted by Gasteiger charge is -2.33. The number of benzene rings is 2. The molecule has 2 aliphatic rings. The van der Waals surface area contributed by atoms with E-state index in [0.29, 0.717) is 29.9 Å². The summed E-state index contributed by atoms with van der Waals surface area (Å²) in [5.41, 5.74) is 2.21. The first kappa shape index (κ1) is 27.1. The largest absolute Gasteiger partial charge is 0.466 e. The van der Waals surface area contributed by atoms with Gasteiger partial charge in [-0.1, -0.05) is 42.5 Å². The van der Waals surface area contributed by atoms with Gasteiger partial charge >= 0.3 is 11.9 Å². The Bertz CT molecular complexity index is 1320. The minimum atomic E-state index is -0.888. The summed E-state index contributed by atoms with van der Waals surface area (Å²) in [6.07, 6.45) is 0.649. The lowest BCUT2D eigenvalue weighted by atomic mass is 9.80. The number of carbonyl (C=O) groups excluding carboxylic acids is 2. The number of dihydropyridines is 1. The van der Waals surface area contributed by atoms with Crippen LogP contribution in [0.3, 0.4) is 0 Å². The molecule has 3 atom stereocenters. The molecule has 0 spiro atoms. The van der Waals surface area contributed by atoms with Gasteiger partial charge in [0.2, 0.25) is 0 Å². The van der Waals surface area contributed by atoms with Gasteiger partial charge < -0.3 is 14.8 Å². The number of nitrogens with zero attached hydrogens (tertiary/aromatic N) is 2. The van der Waals surface area contributed by atoms with E-state index in [2.05, 4.69) is 29.3 Å². The van der Waals surface area contributed by atoms with Gasteiger partial charge in [-0.05, 0) is 38.8 Å². The summed E-state index contributed by atoms with van der Waals surface area (Å²) in [4.78, 5) is 40.0. The van der Waals surface area contributed by atoms with Gasteiger partial charge in [0, 0.05) is 49.1 Å². The number of methoxy groups -OCH3 is 1. The van der Waals surface area contributed by atoms with E-state index in [1.807, 2.05) is 25.1 Å². The van der Waals surface area contributed by atoms with E-state index in [0.717, 1.165) is 6.54 Å². The van der Waals surface area contributed by atoms with Gasteiger partial charge in [0.1, 0.15) is 5.60 Å². The number of nitrogens with one attached hydrogen (secondary N) is 1. The van der Waals surface area contributed by atoms with Crippen molar-refractivity contribution in [2.75, 3.05) is 20.2 Å². The number of allylic oxidation sites excluding steroid dienone is 2. The van der Waals surface area contributed by atoms with E-state index in [1.165, 1.54) is 24.8 Å². The molecule has 200 valence electrons. The monoisotopic (exact) mass is 519 g/mol. The second kappa shape index (κ2) is 10.8. The molecule has 4 rings (SSSR count).